The zero-order valence-corrected chi connectivity index (χ0v) is 23.2. The van der Waals surface area contributed by atoms with E-state index in [-0.39, 0.29) is 24.0 Å². The number of methoxy groups -OCH3 is 2. The molecule has 0 radical (unpaired) electrons. The fourth-order valence-corrected chi connectivity index (χ4v) is 4.90. The third-order valence-electron chi connectivity index (χ3n) is 7.08. The fraction of sp³-hybridized carbons (Fsp3) is 0.344. The zero-order chi connectivity index (χ0) is 29.0. The smallest absolute Gasteiger partial charge is 0.407 e. The molecule has 41 heavy (non-hydrogen) atoms. The van der Waals surface area contributed by atoms with Crippen molar-refractivity contribution in [1.82, 2.24) is 5.32 Å². The Morgan fingerprint density at radius 1 is 0.707 bits per heavy atom. The quantitative estimate of drug-likeness (QED) is 0.180. The van der Waals surface area contributed by atoms with Gasteiger partial charge in [0, 0.05) is 0 Å². The Balaban J connectivity index is 1.59. The molecule has 1 aliphatic rings. The average molecular weight is 562 g/mol. The van der Waals surface area contributed by atoms with Crippen molar-refractivity contribution in [2.45, 2.75) is 44.8 Å². The summed E-state index contributed by atoms with van der Waals surface area (Å²) in [5.74, 6) is -1.66. The first-order valence-electron chi connectivity index (χ1n) is 13.7. The lowest BCUT2D eigenvalue weighted by Gasteiger charge is -2.34. The van der Waals surface area contributed by atoms with Crippen molar-refractivity contribution in [2.75, 3.05) is 14.2 Å². The summed E-state index contributed by atoms with van der Waals surface area (Å²) in [5, 5.41) is 2.82. The highest BCUT2D eigenvalue weighted by molar-refractivity contribution is 5.98. The maximum absolute atomic E-state index is 13.7. The molecule has 1 aliphatic carbocycles. The Hall–Kier alpha value is -4.53. The predicted molar refractivity (Wildman–Crippen MR) is 151 cm³/mol. The van der Waals surface area contributed by atoms with Crippen LogP contribution in [0.2, 0.25) is 0 Å². The standard InChI is InChI=1S/C32H35NO8/c1-37-24-13-17-26(18-14-24)40-30(34)28(31(35)41-27-19-15-25(38-2)16-20-27)29(23-11-7-4-8-12-23)33-32(36)39-21-22-9-5-3-6-10-22/h3,5-6,9-10,13-20,23,28-29H,4,7-8,11-12,21H2,1-2H3,(H,33,36)/t29-/m1/s1. The van der Waals surface area contributed by atoms with Gasteiger partial charge in [0.2, 0.25) is 0 Å². The largest absolute Gasteiger partial charge is 0.497 e. The van der Waals surface area contributed by atoms with Gasteiger partial charge >= 0.3 is 18.0 Å². The Labute approximate surface area is 239 Å². The van der Waals surface area contributed by atoms with Gasteiger partial charge in [-0.05, 0) is 72.9 Å². The highest BCUT2D eigenvalue weighted by Crippen LogP contribution is 2.32. The number of carbonyl (C=O) groups excluding carboxylic acids is 3. The van der Waals surface area contributed by atoms with Crippen molar-refractivity contribution in [1.29, 1.82) is 0 Å². The summed E-state index contributed by atoms with van der Waals surface area (Å²) in [5.41, 5.74) is 0.811. The van der Waals surface area contributed by atoms with Gasteiger partial charge in [0.1, 0.15) is 29.6 Å². The van der Waals surface area contributed by atoms with Crippen LogP contribution in [0.5, 0.6) is 23.0 Å². The van der Waals surface area contributed by atoms with Gasteiger partial charge in [0.25, 0.3) is 0 Å². The monoisotopic (exact) mass is 561 g/mol. The van der Waals surface area contributed by atoms with Crippen LogP contribution < -0.4 is 24.3 Å². The maximum Gasteiger partial charge on any atom is 0.407 e. The molecule has 1 fully saturated rings. The summed E-state index contributed by atoms with van der Waals surface area (Å²) in [7, 11) is 3.06. The van der Waals surface area contributed by atoms with E-state index in [0.717, 1.165) is 37.7 Å². The normalized spacial score (nSPS) is 14.0. The Morgan fingerprint density at radius 2 is 1.20 bits per heavy atom. The average Bonchev–Trinajstić information content (AvgIpc) is 3.01. The number of nitrogens with one attached hydrogen (secondary N) is 1. The SMILES string of the molecule is COc1ccc(OC(=O)C(C(=O)Oc2ccc(OC)cc2)[C@H](NC(=O)OCc2ccccc2)C2CCCCC2)cc1. The van der Waals surface area contributed by atoms with E-state index < -0.39 is 30.0 Å². The second-order valence-corrected chi connectivity index (χ2v) is 9.80. The van der Waals surface area contributed by atoms with E-state index in [1.807, 2.05) is 30.3 Å². The van der Waals surface area contributed by atoms with Gasteiger partial charge in [-0.25, -0.2) is 4.79 Å². The number of hydrogen-bond acceptors (Lipinski definition) is 8. The van der Waals surface area contributed by atoms with E-state index >= 15 is 0 Å². The number of benzene rings is 3. The van der Waals surface area contributed by atoms with Crippen LogP contribution >= 0.6 is 0 Å². The third-order valence-corrected chi connectivity index (χ3v) is 7.08. The number of hydrogen-bond donors (Lipinski definition) is 1. The highest BCUT2D eigenvalue weighted by Gasteiger charge is 2.44. The number of esters is 2. The van der Waals surface area contributed by atoms with Crippen LogP contribution in [0.3, 0.4) is 0 Å². The molecule has 216 valence electrons. The second kappa shape index (κ2) is 14.7. The molecule has 1 atom stereocenters. The summed E-state index contributed by atoms with van der Waals surface area (Å²) >= 11 is 0. The van der Waals surface area contributed by atoms with Crippen molar-refractivity contribution in [3.8, 4) is 23.0 Å². The zero-order valence-electron chi connectivity index (χ0n) is 23.2. The van der Waals surface area contributed by atoms with Crippen LogP contribution in [-0.4, -0.2) is 38.3 Å². The first-order chi connectivity index (χ1) is 20.0. The predicted octanol–water partition coefficient (Wildman–Crippen LogP) is 5.71. The van der Waals surface area contributed by atoms with Gasteiger partial charge in [-0.3, -0.25) is 9.59 Å². The minimum atomic E-state index is -1.45. The summed E-state index contributed by atoms with van der Waals surface area (Å²) in [4.78, 5) is 40.4. The number of carbonyl (C=O) groups is 3. The van der Waals surface area contributed by atoms with E-state index in [0.29, 0.717) is 11.5 Å². The molecular formula is C32H35NO8. The molecule has 0 saturated heterocycles. The van der Waals surface area contributed by atoms with Crippen LogP contribution in [0.1, 0.15) is 37.7 Å². The van der Waals surface area contributed by atoms with Gasteiger partial charge in [0.05, 0.1) is 20.3 Å². The summed E-state index contributed by atoms with van der Waals surface area (Å²) in [6.07, 6.45) is 3.59. The summed E-state index contributed by atoms with van der Waals surface area (Å²) < 4.78 is 27.1. The number of alkyl carbamates (subject to hydrolysis) is 1. The lowest BCUT2D eigenvalue weighted by Crippen LogP contribution is -2.53. The maximum atomic E-state index is 13.7. The van der Waals surface area contributed by atoms with Gasteiger partial charge in [-0.15, -0.1) is 0 Å². The van der Waals surface area contributed by atoms with Gasteiger partial charge in [0.15, 0.2) is 5.92 Å². The Bertz CT molecular complexity index is 1210. The highest BCUT2D eigenvalue weighted by atomic mass is 16.6. The molecule has 1 saturated carbocycles. The van der Waals surface area contributed by atoms with E-state index in [4.69, 9.17) is 23.7 Å². The van der Waals surface area contributed by atoms with Crippen molar-refractivity contribution in [3.63, 3.8) is 0 Å². The summed E-state index contributed by atoms with van der Waals surface area (Å²) in [6.45, 7) is 0.0430. The molecule has 4 rings (SSSR count). The van der Waals surface area contributed by atoms with Gasteiger partial charge in [-0.1, -0.05) is 49.6 Å². The molecule has 0 heterocycles. The van der Waals surface area contributed by atoms with Gasteiger partial charge in [-0.2, -0.15) is 0 Å². The topological polar surface area (TPSA) is 109 Å². The number of amides is 1. The molecule has 0 unspecified atom stereocenters. The molecule has 9 heteroatoms. The van der Waals surface area contributed by atoms with E-state index in [1.165, 1.54) is 14.2 Å². The van der Waals surface area contributed by atoms with Gasteiger partial charge < -0.3 is 29.0 Å². The van der Waals surface area contributed by atoms with Crippen molar-refractivity contribution in [3.05, 3.63) is 84.4 Å². The Kier molecular flexibility index (Phi) is 10.6. The van der Waals surface area contributed by atoms with Crippen LogP contribution in [-0.2, 0) is 20.9 Å². The van der Waals surface area contributed by atoms with Crippen LogP contribution in [0.25, 0.3) is 0 Å². The number of rotatable bonds is 11. The minimum absolute atomic E-state index is 0.0430. The molecular weight excluding hydrogens is 526 g/mol. The molecule has 9 nitrogen and oxygen atoms in total. The molecule has 3 aromatic carbocycles. The van der Waals surface area contributed by atoms with Crippen LogP contribution in [0.15, 0.2) is 78.9 Å². The first kappa shape index (κ1) is 29.5. The lowest BCUT2D eigenvalue weighted by atomic mass is 9.78. The summed E-state index contributed by atoms with van der Waals surface area (Å²) in [6, 6.07) is 21.2. The lowest BCUT2D eigenvalue weighted by molar-refractivity contribution is -0.153. The molecule has 1 amide bonds. The van der Waals surface area contributed by atoms with Crippen LogP contribution in [0, 0.1) is 11.8 Å². The van der Waals surface area contributed by atoms with Crippen molar-refractivity contribution >= 4 is 18.0 Å². The van der Waals surface area contributed by atoms with Crippen LogP contribution in [0.4, 0.5) is 4.79 Å². The van der Waals surface area contributed by atoms with E-state index in [2.05, 4.69) is 5.32 Å². The molecule has 0 aromatic heterocycles. The van der Waals surface area contributed by atoms with E-state index in [1.54, 1.807) is 48.5 Å². The first-order valence-corrected chi connectivity index (χ1v) is 13.7. The van der Waals surface area contributed by atoms with Crippen molar-refractivity contribution < 1.29 is 38.1 Å². The fourth-order valence-electron chi connectivity index (χ4n) is 4.90. The Morgan fingerprint density at radius 3 is 1.68 bits per heavy atom. The number of ether oxygens (including phenoxy) is 5. The molecule has 0 spiro atoms. The second-order valence-electron chi connectivity index (χ2n) is 9.80. The molecule has 0 bridgehead atoms. The molecule has 3 aromatic rings. The minimum Gasteiger partial charge on any atom is -0.497 e. The van der Waals surface area contributed by atoms with E-state index in [9.17, 15) is 14.4 Å². The molecule has 0 aliphatic heterocycles. The molecule has 1 N–H and O–H groups in total. The van der Waals surface area contributed by atoms with Crippen molar-refractivity contribution in [2.24, 2.45) is 11.8 Å². The third kappa shape index (κ3) is 8.48.